The number of carbonyl (C=O) groups excluding carboxylic acids is 1. The van der Waals surface area contributed by atoms with Gasteiger partial charge >= 0.3 is 6.03 Å². The van der Waals surface area contributed by atoms with Crippen molar-refractivity contribution in [3.63, 3.8) is 0 Å². The van der Waals surface area contributed by atoms with Gasteiger partial charge in [-0.3, -0.25) is 0 Å². The van der Waals surface area contributed by atoms with E-state index in [9.17, 15) is 9.18 Å². The van der Waals surface area contributed by atoms with Crippen molar-refractivity contribution in [3.8, 4) is 0 Å². The number of carbonyl (C=O) groups is 1. The fourth-order valence-electron chi connectivity index (χ4n) is 4.18. The van der Waals surface area contributed by atoms with Crippen LogP contribution < -0.4 is 5.32 Å². The summed E-state index contributed by atoms with van der Waals surface area (Å²) < 4.78 is 15.5. The van der Waals surface area contributed by atoms with Crippen LogP contribution in [0.5, 0.6) is 0 Å². The number of hydrogen-bond acceptors (Lipinski definition) is 1. The summed E-state index contributed by atoms with van der Waals surface area (Å²) in [7, 11) is 0. The minimum atomic E-state index is -0.233. The Bertz CT molecular complexity index is 1050. The van der Waals surface area contributed by atoms with Gasteiger partial charge in [-0.05, 0) is 29.3 Å². The molecule has 1 N–H and O–H groups in total. The van der Waals surface area contributed by atoms with Gasteiger partial charge in [0, 0.05) is 35.3 Å². The van der Waals surface area contributed by atoms with Gasteiger partial charge in [0.2, 0.25) is 0 Å². The Morgan fingerprint density at radius 1 is 1.15 bits per heavy atom. The van der Waals surface area contributed by atoms with E-state index in [1.54, 1.807) is 0 Å². The first kappa shape index (κ1) is 15.2. The summed E-state index contributed by atoms with van der Waals surface area (Å²) in [4.78, 5) is 14.1. The Morgan fingerprint density at radius 3 is 2.73 bits per heavy atom. The summed E-state index contributed by atoms with van der Waals surface area (Å²) in [5.74, 6) is -0.233. The molecule has 130 valence electrons. The molecular formula is C21H18FN3O. The van der Waals surface area contributed by atoms with Crippen LogP contribution in [0, 0.1) is 5.82 Å². The molecule has 1 atom stereocenters. The molecule has 4 nitrogen and oxygen atoms in total. The number of nitrogens with one attached hydrogen (secondary N) is 1. The van der Waals surface area contributed by atoms with E-state index in [1.165, 1.54) is 23.1 Å². The van der Waals surface area contributed by atoms with Gasteiger partial charge < -0.3 is 14.8 Å². The SMILES string of the molecule is C=C1NC(=O)N2Cc3c(c4ccccc4n3Cc3ccc(F)cc3)C[C@@H]12. The maximum Gasteiger partial charge on any atom is 0.322 e. The van der Waals surface area contributed by atoms with Crippen molar-refractivity contribution >= 4 is 16.9 Å². The number of halogens is 1. The van der Waals surface area contributed by atoms with Crippen LogP contribution in [0.15, 0.2) is 60.8 Å². The van der Waals surface area contributed by atoms with Crippen LogP contribution in [-0.4, -0.2) is 21.5 Å². The fraction of sp³-hybridized carbons (Fsp3) is 0.190. The molecule has 0 bridgehead atoms. The number of rotatable bonds is 2. The molecule has 5 heteroatoms. The van der Waals surface area contributed by atoms with Gasteiger partial charge in [0.1, 0.15) is 5.82 Å². The second-order valence-electron chi connectivity index (χ2n) is 6.96. The van der Waals surface area contributed by atoms with E-state index in [1.807, 2.05) is 29.2 Å². The molecule has 1 fully saturated rings. The lowest BCUT2D eigenvalue weighted by Gasteiger charge is -2.29. The van der Waals surface area contributed by atoms with Crippen LogP contribution in [0.4, 0.5) is 9.18 Å². The quantitative estimate of drug-likeness (QED) is 0.752. The van der Waals surface area contributed by atoms with E-state index in [0.717, 1.165) is 28.9 Å². The molecule has 1 saturated heterocycles. The van der Waals surface area contributed by atoms with E-state index in [4.69, 9.17) is 0 Å². The molecule has 2 aromatic carbocycles. The molecule has 2 amide bonds. The van der Waals surface area contributed by atoms with Crippen LogP contribution in [0.1, 0.15) is 16.8 Å². The van der Waals surface area contributed by atoms with E-state index in [-0.39, 0.29) is 17.9 Å². The number of amides is 2. The zero-order chi connectivity index (χ0) is 17.8. The first-order valence-electron chi connectivity index (χ1n) is 8.71. The van der Waals surface area contributed by atoms with Gasteiger partial charge in [-0.25, -0.2) is 9.18 Å². The second-order valence-corrected chi connectivity index (χ2v) is 6.96. The van der Waals surface area contributed by atoms with Crippen molar-refractivity contribution in [1.82, 2.24) is 14.8 Å². The molecule has 5 rings (SSSR count). The van der Waals surface area contributed by atoms with Crippen LogP contribution in [-0.2, 0) is 19.5 Å². The number of urea groups is 1. The molecule has 0 radical (unpaired) electrons. The number of hydrogen-bond donors (Lipinski definition) is 1. The zero-order valence-electron chi connectivity index (χ0n) is 14.2. The average molecular weight is 347 g/mol. The molecule has 0 aliphatic carbocycles. The van der Waals surface area contributed by atoms with Crippen LogP contribution in [0.25, 0.3) is 10.9 Å². The number of fused-ring (bicyclic) bond motifs is 4. The van der Waals surface area contributed by atoms with Crippen molar-refractivity contribution < 1.29 is 9.18 Å². The predicted octanol–water partition coefficient (Wildman–Crippen LogP) is 3.79. The first-order valence-corrected chi connectivity index (χ1v) is 8.71. The number of aromatic nitrogens is 1. The molecule has 2 aliphatic heterocycles. The highest BCUT2D eigenvalue weighted by molar-refractivity contribution is 5.88. The van der Waals surface area contributed by atoms with Crippen LogP contribution in [0.3, 0.4) is 0 Å². The van der Waals surface area contributed by atoms with Crippen molar-refractivity contribution in [3.05, 3.63) is 83.4 Å². The predicted molar refractivity (Wildman–Crippen MR) is 98.1 cm³/mol. The molecule has 3 aromatic rings. The second kappa shape index (κ2) is 5.46. The monoisotopic (exact) mass is 347 g/mol. The van der Waals surface area contributed by atoms with Gasteiger partial charge in [0.05, 0.1) is 12.6 Å². The van der Waals surface area contributed by atoms with Gasteiger partial charge in [0.15, 0.2) is 0 Å². The largest absolute Gasteiger partial charge is 0.338 e. The van der Waals surface area contributed by atoms with Crippen LogP contribution >= 0.6 is 0 Å². The average Bonchev–Trinajstić information content (AvgIpc) is 3.10. The van der Waals surface area contributed by atoms with Gasteiger partial charge in [-0.2, -0.15) is 0 Å². The summed E-state index contributed by atoms with van der Waals surface area (Å²) in [5.41, 5.74) is 5.38. The Morgan fingerprint density at radius 2 is 1.92 bits per heavy atom. The Balaban J connectivity index is 1.65. The summed E-state index contributed by atoms with van der Waals surface area (Å²) in [6, 6.07) is 14.9. The van der Waals surface area contributed by atoms with Crippen molar-refractivity contribution in [2.45, 2.75) is 25.6 Å². The highest BCUT2D eigenvalue weighted by Gasteiger charge is 2.39. The molecule has 3 heterocycles. The van der Waals surface area contributed by atoms with Crippen molar-refractivity contribution in [2.75, 3.05) is 0 Å². The van der Waals surface area contributed by atoms with Gasteiger partial charge in [0.25, 0.3) is 0 Å². The normalized spacial score (nSPS) is 18.8. The third-order valence-corrected chi connectivity index (χ3v) is 5.47. The highest BCUT2D eigenvalue weighted by Crippen LogP contribution is 2.36. The Hall–Kier alpha value is -3.08. The third-order valence-electron chi connectivity index (χ3n) is 5.47. The lowest BCUT2D eigenvalue weighted by molar-refractivity contribution is 0.195. The zero-order valence-corrected chi connectivity index (χ0v) is 14.2. The lowest BCUT2D eigenvalue weighted by atomic mass is 9.96. The number of benzene rings is 2. The molecule has 2 aliphatic rings. The maximum atomic E-state index is 13.3. The van der Waals surface area contributed by atoms with Gasteiger partial charge in [-0.1, -0.05) is 36.9 Å². The molecule has 0 unspecified atom stereocenters. The standard InChI is InChI=1S/C21H18FN3O/c1-13-19-10-17-16-4-2-3-5-18(16)24(11-14-6-8-15(22)9-7-14)20(17)12-25(19)21(26)23-13/h2-9,19H,1,10-12H2,(H,23,26)/t19-/m0/s1. The van der Waals surface area contributed by atoms with E-state index < -0.39 is 0 Å². The molecule has 0 spiro atoms. The smallest absolute Gasteiger partial charge is 0.322 e. The summed E-state index contributed by atoms with van der Waals surface area (Å²) in [6.45, 7) is 5.22. The maximum absolute atomic E-state index is 13.3. The molecule has 26 heavy (non-hydrogen) atoms. The third kappa shape index (κ3) is 2.17. The van der Waals surface area contributed by atoms with E-state index >= 15 is 0 Å². The molecular weight excluding hydrogens is 329 g/mol. The van der Waals surface area contributed by atoms with Crippen molar-refractivity contribution in [1.29, 1.82) is 0 Å². The van der Waals surface area contributed by atoms with Crippen LogP contribution in [0.2, 0.25) is 0 Å². The number of nitrogens with zero attached hydrogens (tertiary/aromatic N) is 2. The van der Waals surface area contributed by atoms with E-state index in [0.29, 0.717) is 13.1 Å². The minimum absolute atomic E-state index is 0.0140. The highest BCUT2D eigenvalue weighted by atomic mass is 19.1. The molecule has 0 saturated carbocycles. The minimum Gasteiger partial charge on any atom is -0.338 e. The Labute approximate surface area is 150 Å². The summed E-state index contributed by atoms with van der Waals surface area (Å²) in [6.07, 6.45) is 0.768. The molecule has 1 aromatic heterocycles. The van der Waals surface area contributed by atoms with Gasteiger partial charge in [-0.15, -0.1) is 0 Å². The lowest BCUT2D eigenvalue weighted by Crippen LogP contribution is -2.39. The summed E-state index contributed by atoms with van der Waals surface area (Å²) in [5, 5.41) is 4.07. The summed E-state index contributed by atoms with van der Waals surface area (Å²) >= 11 is 0. The Kier molecular flexibility index (Phi) is 3.19. The van der Waals surface area contributed by atoms with Crippen molar-refractivity contribution in [2.24, 2.45) is 0 Å². The first-order chi connectivity index (χ1) is 12.6. The topological polar surface area (TPSA) is 37.3 Å². The van der Waals surface area contributed by atoms with E-state index in [2.05, 4.69) is 28.6 Å². The number of para-hydroxylation sites is 1. The fourth-order valence-corrected chi connectivity index (χ4v) is 4.18.